The molecule has 0 spiro atoms. The molecule has 0 radical (unpaired) electrons. The first-order chi connectivity index (χ1) is 9.13. The summed E-state index contributed by atoms with van der Waals surface area (Å²) in [5.74, 6) is -1.07. The number of carboxylic acid groups (broad SMARTS) is 1. The second-order valence-corrected chi connectivity index (χ2v) is 4.59. The van der Waals surface area contributed by atoms with Gasteiger partial charge in [-0.25, -0.2) is 9.48 Å². The smallest absolute Gasteiger partial charge is 0.358 e. The summed E-state index contributed by atoms with van der Waals surface area (Å²) in [6.07, 6.45) is 1.27. The summed E-state index contributed by atoms with van der Waals surface area (Å²) in [5.41, 5.74) is 1.45. The zero-order valence-electron chi connectivity index (χ0n) is 10.5. The molecule has 0 saturated heterocycles. The van der Waals surface area contributed by atoms with Crippen LogP contribution in [0.25, 0.3) is 0 Å². The number of benzene rings is 1. The van der Waals surface area contributed by atoms with E-state index in [0.717, 1.165) is 12.0 Å². The molecule has 0 fully saturated rings. The summed E-state index contributed by atoms with van der Waals surface area (Å²) < 4.78 is 1.63. The van der Waals surface area contributed by atoms with E-state index in [9.17, 15) is 4.79 Å². The fraction of sp³-hybridized carbons (Fsp3) is 0.308. The molecule has 0 atom stereocenters. The minimum Gasteiger partial charge on any atom is -0.476 e. The van der Waals surface area contributed by atoms with E-state index in [1.165, 1.54) is 0 Å². The van der Waals surface area contributed by atoms with Crippen molar-refractivity contribution in [1.29, 1.82) is 0 Å². The Morgan fingerprint density at radius 2 is 2.16 bits per heavy atom. The van der Waals surface area contributed by atoms with E-state index in [2.05, 4.69) is 10.3 Å². The van der Waals surface area contributed by atoms with E-state index in [4.69, 9.17) is 16.7 Å². The van der Waals surface area contributed by atoms with Crippen LogP contribution < -0.4 is 0 Å². The summed E-state index contributed by atoms with van der Waals surface area (Å²) in [7, 11) is 0. The van der Waals surface area contributed by atoms with Crippen molar-refractivity contribution in [2.24, 2.45) is 0 Å². The van der Waals surface area contributed by atoms with Crippen molar-refractivity contribution in [2.75, 3.05) is 0 Å². The Hall–Kier alpha value is -1.88. The Morgan fingerprint density at radius 1 is 1.42 bits per heavy atom. The molecule has 100 valence electrons. The van der Waals surface area contributed by atoms with Crippen LogP contribution in [0.5, 0.6) is 0 Å². The normalized spacial score (nSPS) is 10.6. The molecule has 0 amide bonds. The molecule has 2 rings (SSSR count). The number of hydrogen-bond donors (Lipinski definition) is 1. The topological polar surface area (TPSA) is 68.0 Å². The Morgan fingerprint density at radius 3 is 2.79 bits per heavy atom. The fourth-order valence-corrected chi connectivity index (χ4v) is 2.09. The highest BCUT2D eigenvalue weighted by Gasteiger charge is 2.19. The first-order valence-corrected chi connectivity index (χ1v) is 6.40. The maximum absolute atomic E-state index is 11.2. The standard InChI is InChI=1S/C13H14ClN3O2/c1-2-7-17-11(12(13(18)19)15-16-17)8-9-5-3-4-6-10(9)14/h3-6H,2,7-8H2,1H3,(H,18,19). The van der Waals surface area contributed by atoms with Crippen molar-refractivity contribution >= 4 is 17.6 Å². The van der Waals surface area contributed by atoms with Crippen molar-refractivity contribution in [3.63, 3.8) is 0 Å². The molecule has 6 heteroatoms. The molecule has 0 aliphatic rings. The van der Waals surface area contributed by atoms with Crippen LogP contribution >= 0.6 is 11.6 Å². The summed E-state index contributed by atoms with van der Waals surface area (Å²) in [6, 6.07) is 7.36. The highest BCUT2D eigenvalue weighted by Crippen LogP contribution is 2.20. The molecule has 5 nitrogen and oxygen atoms in total. The summed E-state index contributed by atoms with van der Waals surface area (Å²) >= 11 is 6.10. The van der Waals surface area contributed by atoms with Crippen LogP contribution in [0, 0.1) is 0 Å². The van der Waals surface area contributed by atoms with Crippen molar-refractivity contribution in [3.8, 4) is 0 Å². The Labute approximate surface area is 115 Å². The van der Waals surface area contributed by atoms with Crippen molar-refractivity contribution in [3.05, 3.63) is 46.2 Å². The highest BCUT2D eigenvalue weighted by atomic mass is 35.5. The maximum Gasteiger partial charge on any atom is 0.358 e. The van der Waals surface area contributed by atoms with Crippen LogP contribution in [0.3, 0.4) is 0 Å². The fourth-order valence-electron chi connectivity index (χ4n) is 1.89. The van der Waals surface area contributed by atoms with Gasteiger partial charge in [-0.05, 0) is 18.1 Å². The molecule has 0 unspecified atom stereocenters. The lowest BCUT2D eigenvalue weighted by Gasteiger charge is -2.07. The van der Waals surface area contributed by atoms with Gasteiger partial charge in [-0.2, -0.15) is 0 Å². The van der Waals surface area contributed by atoms with Gasteiger partial charge >= 0.3 is 5.97 Å². The zero-order valence-corrected chi connectivity index (χ0v) is 11.3. The maximum atomic E-state index is 11.2. The quantitative estimate of drug-likeness (QED) is 0.913. The van der Waals surface area contributed by atoms with Gasteiger partial charge in [0, 0.05) is 18.0 Å². The number of carboxylic acids is 1. The third-order valence-corrected chi connectivity index (χ3v) is 3.16. The number of carbonyl (C=O) groups is 1. The van der Waals surface area contributed by atoms with E-state index >= 15 is 0 Å². The predicted octanol–water partition coefficient (Wildman–Crippen LogP) is 2.63. The summed E-state index contributed by atoms with van der Waals surface area (Å²) in [4.78, 5) is 11.2. The molecular weight excluding hydrogens is 266 g/mol. The van der Waals surface area contributed by atoms with E-state index in [-0.39, 0.29) is 5.69 Å². The van der Waals surface area contributed by atoms with Gasteiger partial charge < -0.3 is 5.11 Å². The van der Waals surface area contributed by atoms with Gasteiger partial charge in [-0.15, -0.1) is 5.10 Å². The minimum atomic E-state index is -1.07. The molecule has 1 N–H and O–H groups in total. The largest absolute Gasteiger partial charge is 0.476 e. The molecule has 2 aromatic rings. The van der Waals surface area contributed by atoms with E-state index in [1.54, 1.807) is 10.7 Å². The van der Waals surface area contributed by atoms with E-state index in [0.29, 0.717) is 23.7 Å². The van der Waals surface area contributed by atoms with E-state index in [1.807, 2.05) is 25.1 Å². The van der Waals surface area contributed by atoms with Crippen LogP contribution in [0.15, 0.2) is 24.3 Å². The van der Waals surface area contributed by atoms with Crippen LogP contribution in [0.1, 0.15) is 35.1 Å². The molecule has 0 bridgehead atoms. The van der Waals surface area contributed by atoms with Crippen molar-refractivity contribution < 1.29 is 9.90 Å². The first kappa shape index (κ1) is 13.5. The summed E-state index contributed by atoms with van der Waals surface area (Å²) in [5, 5.41) is 17.4. The van der Waals surface area contributed by atoms with Gasteiger partial charge in [-0.1, -0.05) is 41.9 Å². The number of aromatic nitrogens is 3. The number of rotatable bonds is 5. The molecule has 1 heterocycles. The number of aryl methyl sites for hydroxylation is 1. The van der Waals surface area contributed by atoms with Gasteiger partial charge in [0.2, 0.25) is 0 Å². The Kier molecular flexibility index (Phi) is 4.16. The van der Waals surface area contributed by atoms with Gasteiger partial charge in [0.1, 0.15) is 0 Å². The molecule has 0 aliphatic heterocycles. The number of aromatic carboxylic acids is 1. The number of hydrogen-bond acceptors (Lipinski definition) is 3. The molecule has 19 heavy (non-hydrogen) atoms. The monoisotopic (exact) mass is 279 g/mol. The minimum absolute atomic E-state index is 0.00614. The average Bonchev–Trinajstić information content (AvgIpc) is 2.76. The lowest BCUT2D eigenvalue weighted by atomic mass is 10.1. The molecule has 1 aromatic carbocycles. The van der Waals surface area contributed by atoms with Crippen LogP contribution in [0.2, 0.25) is 5.02 Å². The number of nitrogens with zero attached hydrogens (tertiary/aromatic N) is 3. The van der Waals surface area contributed by atoms with Gasteiger partial charge in [0.25, 0.3) is 0 Å². The van der Waals surface area contributed by atoms with Crippen molar-refractivity contribution in [2.45, 2.75) is 26.3 Å². The van der Waals surface area contributed by atoms with Crippen LogP contribution in [-0.4, -0.2) is 26.1 Å². The van der Waals surface area contributed by atoms with E-state index < -0.39 is 5.97 Å². The Bertz CT molecular complexity index is 595. The lowest BCUT2D eigenvalue weighted by Crippen LogP contribution is -2.09. The number of halogens is 1. The SMILES string of the molecule is CCCn1nnc(C(=O)O)c1Cc1ccccc1Cl. The van der Waals surface area contributed by atoms with Crippen LogP contribution in [0.4, 0.5) is 0 Å². The third kappa shape index (κ3) is 2.93. The first-order valence-electron chi connectivity index (χ1n) is 6.02. The zero-order chi connectivity index (χ0) is 13.8. The molecule has 1 aromatic heterocycles. The highest BCUT2D eigenvalue weighted by molar-refractivity contribution is 6.31. The van der Waals surface area contributed by atoms with Gasteiger partial charge in [0.05, 0.1) is 5.69 Å². The molecule has 0 aliphatic carbocycles. The Balaban J connectivity index is 2.40. The van der Waals surface area contributed by atoms with Crippen LogP contribution in [-0.2, 0) is 13.0 Å². The van der Waals surface area contributed by atoms with Gasteiger partial charge in [0.15, 0.2) is 5.69 Å². The third-order valence-electron chi connectivity index (χ3n) is 2.79. The predicted molar refractivity (Wildman–Crippen MR) is 71.5 cm³/mol. The second kappa shape index (κ2) is 5.84. The average molecular weight is 280 g/mol. The lowest BCUT2D eigenvalue weighted by molar-refractivity contribution is 0.0689. The van der Waals surface area contributed by atoms with Crippen molar-refractivity contribution in [1.82, 2.24) is 15.0 Å². The molecular formula is C13H14ClN3O2. The summed E-state index contributed by atoms with van der Waals surface area (Å²) in [6.45, 7) is 2.64. The van der Waals surface area contributed by atoms with Gasteiger partial charge in [-0.3, -0.25) is 0 Å². The second-order valence-electron chi connectivity index (χ2n) is 4.18. The molecule has 0 saturated carbocycles.